The Balaban J connectivity index is 1.86. The molecule has 1 atom stereocenters. The first-order valence-electron chi connectivity index (χ1n) is 6.59. The van der Waals surface area contributed by atoms with Crippen molar-refractivity contribution in [1.82, 2.24) is 0 Å². The lowest BCUT2D eigenvalue weighted by Crippen LogP contribution is -2.30. The highest BCUT2D eigenvalue weighted by molar-refractivity contribution is 9.10. The van der Waals surface area contributed by atoms with Crippen LogP contribution in [0.2, 0.25) is 0 Å². The van der Waals surface area contributed by atoms with E-state index in [0.29, 0.717) is 11.4 Å². The maximum Gasteiger partial charge on any atom is 0.232 e. The van der Waals surface area contributed by atoms with Crippen molar-refractivity contribution in [3.05, 3.63) is 58.6 Å². The predicted octanol–water partition coefficient (Wildman–Crippen LogP) is 3.51. The van der Waals surface area contributed by atoms with Gasteiger partial charge in [-0.25, -0.2) is 0 Å². The zero-order valence-electron chi connectivity index (χ0n) is 11.1. The molecule has 0 unspecified atom stereocenters. The van der Waals surface area contributed by atoms with Gasteiger partial charge >= 0.3 is 0 Å². The zero-order valence-corrected chi connectivity index (χ0v) is 12.7. The molecular formula is C16H13BrN2O2. The van der Waals surface area contributed by atoms with Crippen molar-refractivity contribution in [2.75, 3.05) is 10.6 Å². The summed E-state index contributed by atoms with van der Waals surface area (Å²) in [6.07, 6.45) is 0.164. The zero-order chi connectivity index (χ0) is 14.8. The van der Waals surface area contributed by atoms with Gasteiger partial charge in [0.2, 0.25) is 11.8 Å². The Bertz CT molecular complexity index is 715. The summed E-state index contributed by atoms with van der Waals surface area (Å²) in [5.74, 6) is -0.771. The van der Waals surface area contributed by atoms with Crippen molar-refractivity contribution in [2.24, 2.45) is 0 Å². The van der Waals surface area contributed by atoms with E-state index >= 15 is 0 Å². The van der Waals surface area contributed by atoms with Crippen LogP contribution in [0.1, 0.15) is 17.9 Å². The van der Waals surface area contributed by atoms with E-state index < -0.39 is 5.92 Å². The SMILES string of the molecule is O=C1C[C@H](C(=O)Nc2cccc(Br)c2)c2ccccc2N1. The topological polar surface area (TPSA) is 58.2 Å². The largest absolute Gasteiger partial charge is 0.326 e. The van der Waals surface area contributed by atoms with Gasteiger partial charge < -0.3 is 10.6 Å². The van der Waals surface area contributed by atoms with Gasteiger partial charge in [-0.1, -0.05) is 40.2 Å². The van der Waals surface area contributed by atoms with Crippen molar-refractivity contribution >= 4 is 39.1 Å². The van der Waals surface area contributed by atoms with Crippen LogP contribution < -0.4 is 10.6 Å². The number of para-hydroxylation sites is 1. The van der Waals surface area contributed by atoms with Gasteiger partial charge in [0.05, 0.1) is 5.92 Å². The van der Waals surface area contributed by atoms with Gasteiger partial charge in [-0.15, -0.1) is 0 Å². The Kier molecular flexibility index (Phi) is 3.75. The molecule has 2 amide bonds. The Hall–Kier alpha value is -2.14. The van der Waals surface area contributed by atoms with Crippen LogP contribution >= 0.6 is 15.9 Å². The van der Waals surface area contributed by atoms with Crippen LogP contribution in [0.3, 0.4) is 0 Å². The molecule has 5 heteroatoms. The number of nitrogens with one attached hydrogen (secondary N) is 2. The predicted molar refractivity (Wildman–Crippen MR) is 85.2 cm³/mol. The molecule has 1 aliphatic rings. The standard InChI is InChI=1S/C16H13BrN2O2/c17-10-4-3-5-11(8-10)18-16(21)13-9-15(20)19-14-7-2-1-6-12(13)14/h1-8,13H,9H2,(H,18,21)(H,19,20)/t13-/m0/s1. The number of hydrogen-bond donors (Lipinski definition) is 2. The van der Waals surface area contributed by atoms with Gasteiger partial charge in [0.15, 0.2) is 0 Å². The first kappa shape index (κ1) is 13.8. The molecule has 4 nitrogen and oxygen atoms in total. The van der Waals surface area contributed by atoms with Crippen molar-refractivity contribution in [1.29, 1.82) is 0 Å². The van der Waals surface area contributed by atoms with Crippen LogP contribution in [0.15, 0.2) is 53.0 Å². The van der Waals surface area contributed by atoms with Crippen molar-refractivity contribution in [3.63, 3.8) is 0 Å². The third-order valence-corrected chi connectivity index (χ3v) is 3.90. The van der Waals surface area contributed by atoms with E-state index in [1.807, 2.05) is 48.5 Å². The number of anilines is 2. The van der Waals surface area contributed by atoms with E-state index in [0.717, 1.165) is 10.0 Å². The van der Waals surface area contributed by atoms with Crippen LogP contribution in [-0.2, 0) is 9.59 Å². The molecule has 2 N–H and O–H groups in total. The number of fused-ring (bicyclic) bond motifs is 1. The van der Waals surface area contributed by atoms with E-state index in [9.17, 15) is 9.59 Å². The molecular weight excluding hydrogens is 332 g/mol. The Labute approximate surface area is 130 Å². The molecule has 21 heavy (non-hydrogen) atoms. The highest BCUT2D eigenvalue weighted by Crippen LogP contribution is 2.32. The van der Waals surface area contributed by atoms with E-state index in [1.54, 1.807) is 0 Å². The number of rotatable bonds is 2. The molecule has 0 bridgehead atoms. The summed E-state index contributed by atoms with van der Waals surface area (Å²) in [5, 5.41) is 5.66. The first-order chi connectivity index (χ1) is 10.1. The molecule has 2 aromatic rings. The number of benzene rings is 2. The lowest BCUT2D eigenvalue weighted by Gasteiger charge is -2.24. The monoisotopic (exact) mass is 344 g/mol. The van der Waals surface area contributed by atoms with Gasteiger partial charge in [-0.3, -0.25) is 9.59 Å². The molecule has 2 aromatic carbocycles. The summed E-state index contributed by atoms with van der Waals surface area (Å²) in [6, 6.07) is 14.8. The second-order valence-electron chi connectivity index (χ2n) is 4.89. The summed E-state index contributed by atoms with van der Waals surface area (Å²) in [6.45, 7) is 0. The van der Waals surface area contributed by atoms with E-state index in [4.69, 9.17) is 0 Å². The molecule has 1 heterocycles. The molecule has 0 aliphatic carbocycles. The molecule has 0 radical (unpaired) electrons. The maximum absolute atomic E-state index is 12.5. The highest BCUT2D eigenvalue weighted by Gasteiger charge is 2.30. The average Bonchev–Trinajstić information content (AvgIpc) is 2.46. The lowest BCUT2D eigenvalue weighted by molar-refractivity contribution is -0.123. The summed E-state index contributed by atoms with van der Waals surface area (Å²) < 4.78 is 0.891. The van der Waals surface area contributed by atoms with Gasteiger partial charge in [0.25, 0.3) is 0 Å². The van der Waals surface area contributed by atoms with Crippen LogP contribution in [0.5, 0.6) is 0 Å². The van der Waals surface area contributed by atoms with Crippen molar-refractivity contribution < 1.29 is 9.59 Å². The number of carbonyl (C=O) groups excluding carboxylic acids is 2. The van der Waals surface area contributed by atoms with Crippen LogP contribution in [-0.4, -0.2) is 11.8 Å². The van der Waals surface area contributed by atoms with Crippen molar-refractivity contribution in [3.8, 4) is 0 Å². The second-order valence-corrected chi connectivity index (χ2v) is 5.81. The fraction of sp³-hybridized carbons (Fsp3) is 0.125. The average molecular weight is 345 g/mol. The fourth-order valence-electron chi connectivity index (χ4n) is 2.44. The van der Waals surface area contributed by atoms with Gasteiger partial charge in [-0.2, -0.15) is 0 Å². The second kappa shape index (κ2) is 5.69. The van der Waals surface area contributed by atoms with E-state index in [-0.39, 0.29) is 18.2 Å². The van der Waals surface area contributed by atoms with Gasteiger partial charge in [0.1, 0.15) is 0 Å². The first-order valence-corrected chi connectivity index (χ1v) is 7.38. The van der Waals surface area contributed by atoms with Crippen LogP contribution in [0, 0.1) is 0 Å². The normalized spacial score (nSPS) is 16.8. The third kappa shape index (κ3) is 2.97. The molecule has 0 saturated heterocycles. The summed E-state index contributed by atoms with van der Waals surface area (Å²) >= 11 is 3.37. The Morgan fingerprint density at radius 3 is 2.81 bits per heavy atom. The third-order valence-electron chi connectivity index (χ3n) is 3.41. The number of hydrogen-bond acceptors (Lipinski definition) is 2. The smallest absolute Gasteiger partial charge is 0.232 e. The molecule has 106 valence electrons. The summed E-state index contributed by atoms with van der Waals surface area (Å²) in [4.78, 5) is 24.2. The summed E-state index contributed by atoms with van der Waals surface area (Å²) in [7, 11) is 0. The molecule has 0 saturated carbocycles. The quantitative estimate of drug-likeness (QED) is 0.875. The van der Waals surface area contributed by atoms with Gasteiger partial charge in [-0.05, 0) is 29.8 Å². The Morgan fingerprint density at radius 2 is 2.00 bits per heavy atom. The number of halogens is 1. The molecule has 3 rings (SSSR count). The maximum atomic E-state index is 12.5. The minimum atomic E-state index is -0.464. The van der Waals surface area contributed by atoms with E-state index in [1.165, 1.54) is 0 Å². The summed E-state index contributed by atoms with van der Waals surface area (Å²) in [5.41, 5.74) is 2.27. The van der Waals surface area contributed by atoms with Gasteiger partial charge in [0, 0.05) is 22.3 Å². The molecule has 0 spiro atoms. The van der Waals surface area contributed by atoms with Crippen molar-refractivity contribution in [2.45, 2.75) is 12.3 Å². The molecule has 0 fully saturated rings. The van der Waals surface area contributed by atoms with Crippen LogP contribution in [0.4, 0.5) is 11.4 Å². The lowest BCUT2D eigenvalue weighted by atomic mass is 9.90. The number of carbonyl (C=O) groups is 2. The Morgan fingerprint density at radius 1 is 1.19 bits per heavy atom. The van der Waals surface area contributed by atoms with Crippen LogP contribution in [0.25, 0.3) is 0 Å². The minimum absolute atomic E-state index is 0.136. The van der Waals surface area contributed by atoms with E-state index in [2.05, 4.69) is 26.6 Å². The molecule has 1 aliphatic heterocycles. The fourth-order valence-corrected chi connectivity index (χ4v) is 2.84. The molecule has 0 aromatic heterocycles. The number of amides is 2. The highest BCUT2D eigenvalue weighted by atomic mass is 79.9. The minimum Gasteiger partial charge on any atom is -0.326 e.